The number of carbonyl (C=O) groups is 2. The average molecular weight is 431 g/mol. The van der Waals surface area contributed by atoms with Gasteiger partial charge in [0.15, 0.2) is 6.61 Å². The number of carbonyl (C=O) groups excluding carboxylic acids is 2. The third-order valence-electron chi connectivity index (χ3n) is 3.92. The minimum absolute atomic E-state index is 0.0494. The zero-order valence-corrected chi connectivity index (χ0v) is 16.3. The highest BCUT2D eigenvalue weighted by Gasteiger charge is 2.20. The molecule has 0 aliphatic carbocycles. The van der Waals surface area contributed by atoms with Crippen LogP contribution in [-0.2, 0) is 16.1 Å². The summed E-state index contributed by atoms with van der Waals surface area (Å²) in [5, 5.41) is 21.5. The van der Waals surface area contributed by atoms with Crippen LogP contribution in [0.3, 0.4) is 0 Å². The Morgan fingerprint density at radius 2 is 1.97 bits per heavy atom. The Kier molecular flexibility index (Phi) is 6.38. The second-order valence-corrected chi connectivity index (χ2v) is 6.55. The molecule has 0 fully saturated rings. The number of rotatable bonds is 7. The zero-order chi connectivity index (χ0) is 21.7. The highest BCUT2D eigenvalue weighted by molar-refractivity contribution is 6.30. The van der Waals surface area contributed by atoms with Gasteiger partial charge in [0.1, 0.15) is 6.04 Å². The molecule has 1 aromatic heterocycles. The molecule has 1 amide bonds. The standard InChI is InChI=1S/C19H15ClN4O6/c1-11(21-17(25)13-3-2-4-15(9-13)24(27)28)19(26)29-10-16-22-23-18(30-16)12-5-7-14(20)8-6-12/h2-9,11H,10H2,1H3,(H,21,25)/t11-/m0/s1. The lowest BCUT2D eigenvalue weighted by Crippen LogP contribution is -2.39. The van der Waals surface area contributed by atoms with Gasteiger partial charge < -0.3 is 14.5 Å². The Hall–Kier alpha value is -3.79. The smallest absolute Gasteiger partial charge is 0.328 e. The fraction of sp³-hybridized carbons (Fsp3) is 0.158. The molecule has 0 bridgehead atoms. The third kappa shape index (κ3) is 5.17. The van der Waals surface area contributed by atoms with Gasteiger partial charge in [-0.15, -0.1) is 10.2 Å². The number of amides is 1. The minimum Gasteiger partial charge on any atom is -0.454 e. The van der Waals surface area contributed by atoms with Crippen LogP contribution in [0, 0.1) is 10.1 Å². The van der Waals surface area contributed by atoms with E-state index in [1.54, 1.807) is 24.3 Å². The van der Waals surface area contributed by atoms with Crippen molar-refractivity contribution in [1.29, 1.82) is 0 Å². The Labute approximate surface area is 175 Å². The molecule has 1 atom stereocenters. The first kappa shape index (κ1) is 20.9. The Morgan fingerprint density at radius 3 is 2.67 bits per heavy atom. The van der Waals surface area contributed by atoms with Crippen LogP contribution in [0.2, 0.25) is 5.02 Å². The van der Waals surface area contributed by atoms with Crippen molar-refractivity contribution in [2.75, 3.05) is 0 Å². The maximum atomic E-state index is 12.2. The van der Waals surface area contributed by atoms with Crippen molar-refractivity contribution in [3.05, 3.63) is 75.1 Å². The van der Waals surface area contributed by atoms with Crippen molar-refractivity contribution < 1.29 is 23.7 Å². The number of hydrogen-bond acceptors (Lipinski definition) is 8. The van der Waals surface area contributed by atoms with Crippen LogP contribution in [-0.4, -0.2) is 33.0 Å². The summed E-state index contributed by atoms with van der Waals surface area (Å²) in [4.78, 5) is 34.5. The first-order valence-electron chi connectivity index (χ1n) is 8.64. The van der Waals surface area contributed by atoms with Gasteiger partial charge in [0.05, 0.1) is 4.92 Å². The van der Waals surface area contributed by atoms with Crippen LogP contribution in [0.5, 0.6) is 0 Å². The normalized spacial score (nSPS) is 11.5. The van der Waals surface area contributed by atoms with Crippen LogP contribution in [0.25, 0.3) is 11.5 Å². The van der Waals surface area contributed by atoms with Crippen molar-refractivity contribution in [1.82, 2.24) is 15.5 Å². The van der Waals surface area contributed by atoms with Crippen LogP contribution in [0.15, 0.2) is 52.9 Å². The van der Waals surface area contributed by atoms with Gasteiger partial charge in [-0.05, 0) is 37.3 Å². The Bertz CT molecular complexity index is 1080. The number of nitro groups is 1. The van der Waals surface area contributed by atoms with E-state index in [0.29, 0.717) is 10.6 Å². The van der Waals surface area contributed by atoms with Gasteiger partial charge in [-0.1, -0.05) is 17.7 Å². The van der Waals surface area contributed by atoms with Gasteiger partial charge in [0.25, 0.3) is 17.5 Å². The van der Waals surface area contributed by atoms with Gasteiger partial charge >= 0.3 is 5.97 Å². The summed E-state index contributed by atoms with van der Waals surface area (Å²) in [7, 11) is 0. The number of nitro benzene ring substituents is 1. The van der Waals surface area contributed by atoms with E-state index in [4.69, 9.17) is 20.8 Å². The molecule has 2 aromatic carbocycles. The molecule has 0 saturated carbocycles. The van der Waals surface area contributed by atoms with Gasteiger partial charge in [-0.25, -0.2) is 4.79 Å². The maximum absolute atomic E-state index is 12.2. The highest BCUT2D eigenvalue weighted by Crippen LogP contribution is 2.20. The van der Waals surface area contributed by atoms with Crippen molar-refractivity contribution in [3.8, 4) is 11.5 Å². The number of ether oxygens (including phenoxy) is 1. The van der Waals surface area contributed by atoms with Gasteiger partial charge in [0, 0.05) is 28.3 Å². The summed E-state index contributed by atoms with van der Waals surface area (Å²) in [5.74, 6) is -1.07. The van der Waals surface area contributed by atoms with E-state index in [2.05, 4.69) is 15.5 Å². The predicted molar refractivity (Wildman–Crippen MR) is 105 cm³/mol. The SMILES string of the molecule is C[C@H](NC(=O)c1cccc([N+](=O)[O-])c1)C(=O)OCc1nnc(-c2ccc(Cl)cc2)o1. The van der Waals surface area contributed by atoms with Crippen molar-refractivity contribution in [3.63, 3.8) is 0 Å². The summed E-state index contributed by atoms with van der Waals surface area (Å²) < 4.78 is 10.5. The van der Waals surface area contributed by atoms with E-state index < -0.39 is 22.8 Å². The molecule has 0 radical (unpaired) electrons. The molecule has 0 unspecified atom stereocenters. The first-order valence-corrected chi connectivity index (χ1v) is 9.01. The van der Waals surface area contributed by atoms with Crippen LogP contribution in [0.1, 0.15) is 23.2 Å². The third-order valence-corrected chi connectivity index (χ3v) is 4.17. The average Bonchev–Trinajstić information content (AvgIpc) is 3.21. The van der Waals surface area contributed by atoms with Gasteiger partial charge in [-0.3, -0.25) is 14.9 Å². The molecular formula is C19H15ClN4O6. The highest BCUT2D eigenvalue weighted by atomic mass is 35.5. The van der Waals surface area contributed by atoms with Gasteiger partial charge in [0.2, 0.25) is 5.89 Å². The van der Waals surface area contributed by atoms with Crippen molar-refractivity contribution >= 4 is 29.2 Å². The lowest BCUT2D eigenvalue weighted by molar-refractivity contribution is -0.384. The molecule has 10 nitrogen and oxygen atoms in total. The van der Waals surface area contributed by atoms with Crippen molar-refractivity contribution in [2.24, 2.45) is 0 Å². The fourth-order valence-corrected chi connectivity index (χ4v) is 2.50. The zero-order valence-electron chi connectivity index (χ0n) is 15.6. The summed E-state index contributed by atoms with van der Waals surface area (Å²) in [6.45, 7) is 1.14. The molecule has 0 spiro atoms. The van der Waals surface area contributed by atoms with Crippen LogP contribution < -0.4 is 5.32 Å². The lowest BCUT2D eigenvalue weighted by Gasteiger charge is -2.12. The minimum atomic E-state index is -1.00. The number of aromatic nitrogens is 2. The molecule has 1 heterocycles. The molecule has 3 aromatic rings. The van der Waals surface area contributed by atoms with E-state index >= 15 is 0 Å². The van der Waals surface area contributed by atoms with E-state index in [1.807, 2.05) is 0 Å². The summed E-state index contributed by atoms with van der Waals surface area (Å²) in [6, 6.07) is 10.9. The van der Waals surface area contributed by atoms with E-state index in [1.165, 1.54) is 25.1 Å². The summed E-state index contributed by atoms with van der Waals surface area (Å²) in [5.41, 5.74) is 0.473. The Balaban J connectivity index is 1.55. The summed E-state index contributed by atoms with van der Waals surface area (Å²) in [6.07, 6.45) is 0. The monoisotopic (exact) mass is 430 g/mol. The molecule has 0 aliphatic rings. The lowest BCUT2D eigenvalue weighted by atomic mass is 10.2. The molecule has 1 N–H and O–H groups in total. The van der Waals surface area contributed by atoms with Crippen molar-refractivity contribution in [2.45, 2.75) is 19.6 Å². The molecular weight excluding hydrogens is 416 g/mol. The number of nitrogens with zero attached hydrogens (tertiary/aromatic N) is 3. The topological polar surface area (TPSA) is 137 Å². The fourth-order valence-electron chi connectivity index (χ4n) is 2.38. The molecule has 11 heteroatoms. The molecule has 0 saturated heterocycles. The largest absolute Gasteiger partial charge is 0.454 e. The first-order chi connectivity index (χ1) is 14.3. The molecule has 30 heavy (non-hydrogen) atoms. The van der Waals surface area contributed by atoms with Crippen LogP contribution in [0.4, 0.5) is 5.69 Å². The Morgan fingerprint density at radius 1 is 1.23 bits per heavy atom. The predicted octanol–water partition coefficient (Wildman–Crippen LogP) is 3.16. The van der Waals surface area contributed by atoms with Crippen LogP contribution >= 0.6 is 11.6 Å². The van der Waals surface area contributed by atoms with E-state index in [9.17, 15) is 19.7 Å². The number of esters is 1. The number of hydrogen-bond donors (Lipinski definition) is 1. The maximum Gasteiger partial charge on any atom is 0.328 e. The quantitative estimate of drug-likeness (QED) is 0.342. The van der Waals surface area contributed by atoms with E-state index in [-0.39, 0.29) is 29.6 Å². The second-order valence-electron chi connectivity index (χ2n) is 6.12. The summed E-state index contributed by atoms with van der Waals surface area (Å²) >= 11 is 5.83. The number of halogens is 1. The molecule has 3 rings (SSSR count). The van der Waals surface area contributed by atoms with Gasteiger partial charge in [-0.2, -0.15) is 0 Å². The molecule has 0 aliphatic heterocycles. The molecule has 154 valence electrons. The second kappa shape index (κ2) is 9.14. The number of benzene rings is 2. The number of non-ortho nitro benzene ring substituents is 1. The number of nitrogens with one attached hydrogen (secondary N) is 1. The van der Waals surface area contributed by atoms with E-state index in [0.717, 1.165) is 6.07 Å².